The number of rotatable bonds is 8. The second kappa shape index (κ2) is 8.30. The van der Waals surface area contributed by atoms with Gasteiger partial charge in [0.2, 0.25) is 0 Å². The van der Waals surface area contributed by atoms with Crippen molar-refractivity contribution in [2.24, 2.45) is 0 Å². The van der Waals surface area contributed by atoms with Gasteiger partial charge < -0.3 is 4.57 Å². The highest BCUT2D eigenvalue weighted by atomic mass is 35.5. The van der Waals surface area contributed by atoms with E-state index in [4.69, 9.17) is 11.6 Å². The number of halogens is 1. The third-order valence-electron chi connectivity index (χ3n) is 4.36. The second-order valence-corrected chi connectivity index (χ2v) is 6.73. The molecule has 6 heteroatoms. The molecule has 0 saturated heterocycles. The molecule has 2 heterocycles. The molecule has 0 amide bonds. The van der Waals surface area contributed by atoms with Crippen LogP contribution in [0.25, 0.3) is 5.69 Å². The van der Waals surface area contributed by atoms with Crippen LogP contribution in [0.4, 0.5) is 0 Å². The van der Waals surface area contributed by atoms with Crippen molar-refractivity contribution in [3.8, 4) is 5.69 Å². The molecule has 3 rings (SSSR count). The van der Waals surface area contributed by atoms with Crippen molar-refractivity contribution in [2.75, 3.05) is 0 Å². The minimum atomic E-state index is 0.412. The van der Waals surface area contributed by atoms with E-state index in [-0.39, 0.29) is 0 Å². The first-order valence-electron chi connectivity index (χ1n) is 8.88. The Morgan fingerprint density at radius 1 is 1.04 bits per heavy atom. The van der Waals surface area contributed by atoms with Crippen molar-refractivity contribution in [1.82, 2.24) is 24.3 Å². The molecule has 0 atom stereocenters. The van der Waals surface area contributed by atoms with Crippen molar-refractivity contribution in [3.63, 3.8) is 0 Å². The van der Waals surface area contributed by atoms with Crippen molar-refractivity contribution < 1.29 is 0 Å². The first kappa shape index (κ1) is 17.7. The molecule has 0 aliphatic carbocycles. The van der Waals surface area contributed by atoms with Gasteiger partial charge in [0.15, 0.2) is 5.82 Å². The Balaban J connectivity index is 2.05. The van der Waals surface area contributed by atoms with Gasteiger partial charge in [0.1, 0.15) is 5.82 Å². The lowest BCUT2D eigenvalue weighted by Gasteiger charge is -2.18. The fourth-order valence-electron chi connectivity index (χ4n) is 3.21. The van der Waals surface area contributed by atoms with Crippen LogP contribution in [0.3, 0.4) is 0 Å². The third kappa shape index (κ3) is 4.10. The summed E-state index contributed by atoms with van der Waals surface area (Å²) in [5.74, 6) is 2.36. The molecular weight excluding hydrogens is 334 g/mol. The van der Waals surface area contributed by atoms with Crippen LogP contribution in [-0.2, 0) is 6.54 Å². The van der Waals surface area contributed by atoms with Crippen molar-refractivity contribution in [1.29, 1.82) is 0 Å². The van der Waals surface area contributed by atoms with Gasteiger partial charge in [-0.1, -0.05) is 38.3 Å². The second-order valence-electron chi connectivity index (χ2n) is 6.30. The first-order valence-corrected chi connectivity index (χ1v) is 9.26. The van der Waals surface area contributed by atoms with Crippen LogP contribution in [0.5, 0.6) is 0 Å². The Kier molecular flexibility index (Phi) is 5.87. The molecule has 0 radical (unpaired) electrons. The van der Waals surface area contributed by atoms with Gasteiger partial charge in [-0.05, 0) is 37.1 Å². The molecule has 3 aromatic rings. The van der Waals surface area contributed by atoms with Gasteiger partial charge >= 0.3 is 0 Å². The molecule has 25 heavy (non-hydrogen) atoms. The van der Waals surface area contributed by atoms with Crippen molar-refractivity contribution in [2.45, 2.75) is 52.0 Å². The molecule has 0 aliphatic heterocycles. The maximum absolute atomic E-state index is 6.08. The molecule has 0 fully saturated rings. The van der Waals surface area contributed by atoms with Gasteiger partial charge in [-0.2, -0.15) is 0 Å². The molecule has 0 bridgehead atoms. The van der Waals surface area contributed by atoms with Gasteiger partial charge in [0, 0.05) is 29.0 Å². The monoisotopic (exact) mass is 357 g/mol. The highest BCUT2D eigenvalue weighted by Gasteiger charge is 2.21. The van der Waals surface area contributed by atoms with Gasteiger partial charge in [-0.3, -0.25) is 4.57 Å². The zero-order valence-electron chi connectivity index (χ0n) is 14.8. The lowest BCUT2D eigenvalue weighted by atomic mass is 9.97. The fraction of sp³-hybridized carbons (Fsp3) is 0.421. The van der Waals surface area contributed by atoms with Crippen LogP contribution in [0.2, 0.25) is 5.02 Å². The number of imidazole rings is 1. The van der Waals surface area contributed by atoms with Crippen LogP contribution < -0.4 is 0 Å². The SMILES string of the molecule is CCCC(CCC)c1nnc(Cn2ccnc2)n1-c1ccc(Cl)cc1. The molecule has 2 aromatic heterocycles. The molecule has 1 aromatic carbocycles. The van der Waals surface area contributed by atoms with E-state index >= 15 is 0 Å². The van der Waals surface area contributed by atoms with E-state index < -0.39 is 0 Å². The van der Waals surface area contributed by atoms with E-state index in [1.165, 1.54) is 0 Å². The van der Waals surface area contributed by atoms with E-state index in [2.05, 4.69) is 33.6 Å². The highest BCUT2D eigenvalue weighted by molar-refractivity contribution is 6.30. The summed E-state index contributed by atoms with van der Waals surface area (Å²) < 4.78 is 4.20. The predicted molar refractivity (Wildman–Crippen MR) is 100 cm³/mol. The molecule has 5 nitrogen and oxygen atoms in total. The summed E-state index contributed by atoms with van der Waals surface area (Å²) in [7, 11) is 0. The standard InChI is InChI=1S/C19H24ClN5/c1-3-5-15(6-4-2)19-23-22-18(13-24-12-11-21-14-24)25(19)17-9-7-16(20)8-10-17/h7-12,14-15H,3-6,13H2,1-2H3. The van der Waals surface area contributed by atoms with Crippen LogP contribution in [0.15, 0.2) is 43.0 Å². The number of hydrogen-bond acceptors (Lipinski definition) is 3. The fourth-order valence-corrected chi connectivity index (χ4v) is 3.34. The topological polar surface area (TPSA) is 48.5 Å². The number of aromatic nitrogens is 5. The summed E-state index contributed by atoms with van der Waals surface area (Å²) in [4.78, 5) is 4.12. The van der Waals surface area contributed by atoms with Crippen LogP contribution in [0.1, 0.15) is 57.1 Å². The Morgan fingerprint density at radius 3 is 2.36 bits per heavy atom. The van der Waals surface area contributed by atoms with E-state index in [0.29, 0.717) is 12.5 Å². The summed E-state index contributed by atoms with van der Waals surface area (Å²) in [5, 5.41) is 9.82. The lowest BCUT2D eigenvalue weighted by molar-refractivity contribution is 0.524. The van der Waals surface area contributed by atoms with E-state index in [1.54, 1.807) is 12.5 Å². The Labute approximate surface area is 153 Å². The van der Waals surface area contributed by atoms with E-state index in [0.717, 1.165) is 48.0 Å². The van der Waals surface area contributed by atoms with E-state index in [1.807, 2.05) is 35.0 Å². The molecule has 0 unspecified atom stereocenters. The quantitative estimate of drug-likeness (QED) is 0.579. The molecule has 0 spiro atoms. The summed E-state index contributed by atoms with van der Waals surface area (Å²) in [6, 6.07) is 7.88. The largest absolute Gasteiger partial charge is 0.330 e. The molecule has 0 N–H and O–H groups in total. The van der Waals surface area contributed by atoms with Gasteiger partial charge in [-0.15, -0.1) is 10.2 Å². The number of nitrogens with zero attached hydrogens (tertiary/aromatic N) is 5. The van der Waals surface area contributed by atoms with Crippen LogP contribution in [-0.4, -0.2) is 24.3 Å². The first-order chi connectivity index (χ1) is 12.2. The van der Waals surface area contributed by atoms with Crippen molar-refractivity contribution in [3.05, 3.63) is 59.7 Å². The molecular formula is C19H24ClN5. The maximum Gasteiger partial charge on any atom is 0.157 e. The molecule has 0 saturated carbocycles. The highest BCUT2D eigenvalue weighted by Crippen LogP contribution is 2.28. The third-order valence-corrected chi connectivity index (χ3v) is 4.61. The zero-order valence-corrected chi connectivity index (χ0v) is 15.5. The Bertz CT molecular complexity index is 771. The van der Waals surface area contributed by atoms with Gasteiger partial charge in [0.05, 0.1) is 12.9 Å². The minimum absolute atomic E-state index is 0.412. The smallest absolute Gasteiger partial charge is 0.157 e. The molecule has 0 aliphatic rings. The maximum atomic E-state index is 6.08. The molecule has 132 valence electrons. The number of hydrogen-bond donors (Lipinski definition) is 0. The van der Waals surface area contributed by atoms with E-state index in [9.17, 15) is 0 Å². The summed E-state index contributed by atoms with van der Waals surface area (Å²) in [6.45, 7) is 5.08. The average molecular weight is 358 g/mol. The zero-order chi connectivity index (χ0) is 17.6. The Morgan fingerprint density at radius 2 is 1.76 bits per heavy atom. The van der Waals surface area contributed by atoms with Crippen LogP contribution >= 0.6 is 11.6 Å². The summed E-state index contributed by atoms with van der Waals surface area (Å²) in [5.41, 5.74) is 1.05. The van der Waals surface area contributed by atoms with Gasteiger partial charge in [0.25, 0.3) is 0 Å². The normalized spacial score (nSPS) is 11.4. The summed E-state index contributed by atoms with van der Waals surface area (Å²) >= 11 is 6.08. The van der Waals surface area contributed by atoms with Gasteiger partial charge in [-0.25, -0.2) is 4.98 Å². The average Bonchev–Trinajstić information content (AvgIpc) is 3.26. The lowest BCUT2D eigenvalue weighted by Crippen LogP contribution is -2.12. The predicted octanol–water partition coefficient (Wildman–Crippen LogP) is 4.85. The Hall–Kier alpha value is -2.14. The van der Waals surface area contributed by atoms with Crippen molar-refractivity contribution >= 4 is 11.6 Å². The minimum Gasteiger partial charge on any atom is -0.330 e. The van der Waals surface area contributed by atoms with Crippen LogP contribution in [0, 0.1) is 0 Å². The number of benzene rings is 1. The summed E-state index contributed by atoms with van der Waals surface area (Å²) in [6.07, 6.45) is 10.0.